The molecule has 0 unspecified atom stereocenters. The number of allylic oxidation sites excluding steroid dienone is 1. The van der Waals surface area contributed by atoms with E-state index < -0.39 is 0 Å². The Labute approximate surface area is 71.2 Å². The van der Waals surface area contributed by atoms with Crippen LogP contribution in [0.25, 0.3) is 0 Å². The first kappa shape index (κ1) is 8.12. The van der Waals surface area contributed by atoms with Crippen LogP contribution in [-0.2, 0) is 11.2 Å². The summed E-state index contributed by atoms with van der Waals surface area (Å²) in [5.41, 5.74) is 1.10. The zero-order valence-corrected chi connectivity index (χ0v) is 6.84. The van der Waals surface area contributed by atoms with Gasteiger partial charge in [0.2, 0.25) is 0 Å². The molecule has 0 spiro atoms. The fourth-order valence-electron chi connectivity index (χ4n) is 0.792. The summed E-state index contributed by atoms with van der Waals surface area (Å²) in [6, 6.07) is 7.68. The van der Waals surface area contributed by atoms with Crippen LogP contribution < -0.4 is 0 Å². The molecule has 0 bridgehead atoms. The molecule has 0 aromatic heterocycles. The first-order valence-electron chi connectivity index (χ1n) is 3.30. The minimum Gasteiger partial charge on any atom is -0.234 e. The Balaban J connectivity index is 2.73. The average Bonchev–Trinajstić information content (AvgIpc) is 2.04. The Morgan fingerprint density at radius 2 is 2.00 bits per heavy atom. The van der Waals surface area contributed by atoms with Crippen LogP contribution in [0.4, 0.5) is 0 Å². The Hall–Kier alpha value is -0.980. The molecule has 0 radical (unpaired) electrons. The highest BCUT2D eigenvalue weighted by Crippen LogP contribution is 2.07. The van der Waals surface area contributed by atoms with E-state index in [4.69, 9.17) is 0 Å². The smallest absolute Gasteiger partial charge is 0.120 e. The fourth-order valence-corrected chi connectivity index (χ4v) is 0.941. The maximum absolute atomic E-state index is 9.85. The first-order chi connectivity index (χ1) is 5.33. The number of thiol groups is 1. The van der Waals surface area contributed by atoms with E-state index in [-0.39, 0.29) is 0 Å². The Bertz CT molecular complexity index is 270. The molecule has 1 aromatic carbocycles. The zero-order chi connectivity index (χ0) is 8.10. The number of benzene rings is 1. The van der Waals surface area contributed by atoms with E-state index in [9.17, 15) is 4.79 Å². The van der Waals surface area contributed by atoms with E-state index in [1.807, 2.05) is 24.3 Å². The van der Waals surface area contributed by atoms with E-state index in [2.05, 4.69) is 12.6 Å². The molecule has 1 aromatic rings. The fraction of sp³-hybridized carbons (Fsp3) is 0.111. The van der Waals surface area contributed by atoms with Crippen molar-refractivity contribution in [2.45, 2.75) is 11.3 Å². The molecule has 0 saturated heterocycles. The summed E-state index contributed by atoms with van der Waals surface area (Å²) in [5.74, 6) is 1.74. The van der Waals surface area contributed by atoms with Crippen molar-refractivity contribution in [3.8, 4) is 0 Å². The summed E-state index contributed by atoms with van der Waals surface area (Å²) in [4.78, 5) is 10.8. The van der Waals surface area contributed by atoms with Gasteiger partial charge in [-0.25, -0.2) is 4.79 Å². The van der Waals surface area contributed by atoms with E-state index in [0.29, 0.717) is 6.42 Å². The van der Waals surface area contributed by atoms with Crippen LogP contribution in [0, 0.1) is 0 Å². The number of hydrogen-bond acceptors (Lipinski definition) is 2. The molecule has 11 heavy (non-hydrogen) atoms. The molecule has 0 N–H and O–H groups in total. The monoisotopic (exact) mass is 164 g/mol. The maximum atomic E-state index is 9.85. The summed E-state index contributed by atoms with van der Waals surface area (Å²) in [5, 5.41) is 0. The van der Waals surface area contributed by atoms with Crippen molar-refractivity contribution in [3.63, 3.8) is 0 Å². The molecule has 0 heterocycles. The second-order valence-corrected chi connectivity index (χ2v) is 2.71. The molecule has 56 valence electrons. The minimum absolute atomic E-state index is 0.650. The molecule has 0 aliphatic heterocycles. The predicted molar refractivity (Wildman–Crippen MR) is 47.7 cm³/mol. The van der Waals surface area contributed by atoms with E-state index in [0.717, 1.165) is 10.5 Å². The summed E-state index contributed by atoms with van der Waals surface area (Å²) in [6.07, 6.45) is 2.12. The van der Waals surface area contributed by atoms with Crippen LogP contribution in [0.15, 0.2) is 35.2 Å². The lowest BCUT2D eigenvalue weighted by Crippen LogP contribution is -1.79. The highest BCUT2D eigenvalue weighted by molar-refractivity contribution is 7.80. The van der Waals surface area contributed by atoms with Crippen molar-refractivity contribution >= 4 is 18.6 Å². The van der Waals surface area contributed by atoms with Gasteiger partial charge < -0.3 is 0 Å². The zero-order valence-electron chi connectivity index (χ0n) is 5.95. The van der Waals surface area contributed by atoms with Gasteiger partial charge in [-0.3, -0.25) is 0 Å². The topological polar surface area (TPSA) is 17.1 Å². The highest BCUT2D eigenvalue weighted by atomic mass is 32.1. The van der Waals surface area contributed by atoms with Crippen molar-refractivity contribution in [1.29, 1.82) is 0 Å². The third-order valence-corrected chi connectivity index (χ3v) is 1.66. The second-order valence-electron chi connectivity index (χ2n) is 2.19. The summed E-state index contributed by atoms with van der Waals surface area (Å²) in [7, 11) is 0. The average molecular weight is 164 g/mol. The second kappa shape index (κ2) is 4.02. The van der Waals surface area contributed by atoms with Gasteiger partial charge in [-0.05, 0) is 17.7 Å². The molecular formula is C9H8OS. The van der Waals surface area contributed by atoms with Crippen molar-refractivity contribution in [2.75, 3.05) is 0 Å². The largest absolute Gasteiger partial charge is 0.234 e. The van der Waals surface area contributed by atoms with Crippen LogP contribution >= 0.6 is 12.6 Å². The van der Waals surface area contributed by atoms with Crippen molar-refractivity contribution in [2.24, 2.45) is 0 Å². The molecule has 0 saturated carbocycles. The Morgan fingerprint density at radius 3 is 2.55 bits per heavy atom. The first-order valence-corrected chi connectivity index (χ1v) is 3.75. The van der Waals surface area contributed by atoms with Gasteiger partial charge >= 0.3 is 0 Å². The lowest BCUT2D eigenvalue weighted by molar-refractivity contribution is 0.568. The Kier molecular flexibility index (Phi) is 2.96. The molecule has 0 aliphatic carbocycles. The van der Waals surface area contributed by atoms with Gasteiger partial charge in [0.15, 0.2) is 0 Å². The molecule has 1 rings (SSSR count). The molecule has 0 atom stereocenters. The minimum atomic E-state index is 0.650. The van der Waals surface area contributed by atoms with Gasteiger partial charge in [-0.15, -0.1) is 12.6 Å². The summed E-state index contributed by atoms with van der Waals surface area (Å²) >= 11 is 4.14. The maximum Gasteiger partial charge on any atom is 0.120 e. The van der Waals surface area contributed by atoms with Crippen LogP contribution in [0.1, 0.15) is 5.56 Å². The van der Waals surface area contributed by atoms with Crippen LogP contribution in [0.3, 0.4) is 0 Å². The molecular weight excluding hydrogens is 156 g/mol. The van der Waals surface area contributed by atoms with E-state index in [1.54, 1.807) is 5.94 Å². The van der Waals surface area contributed by atoms with E-state index in [1.165, 1.54) is 6.08 Å². The summed E-state index contributed by atoms with van der Waals surface area (Å²) < 4.78 is 0. The van der Waals surface area contributed by atoms with Gasteiger partial charge in [0.25, 0.3) is 0 Å². The van der Waals surface area contributed by atoms with E-state index >= 15 is 0 Å². The SMILES string of the molecule is O=C=CCc1ccc(S)cc1. The van der Waals surface area contributed by atoms with Crippen molar-refractivity contribution in [3.05, 3.63) is 35.9 Å². The van der Waals surface area contributed by atoms with Crippen LogP contribution in [0.5, 0.6) is 0 Å². The van der Waals surface area contributed by atoms with Crippen molar-refractivity contribution < 1.29 is 4.79 Å². The third kappa shape index (κ3) is 2.62. The van der Waals surface area contributed by atoms with Crippen LogP contribution in [0.2, 0.25) is 0 Å². The third-order valence-electron chi connectivity index (χ3n) is 1.36. The lowest BCUT2D eigenvalue weighted by atomic mass is 10.1. The van der Waals surface area contributed by atoms with Crippen molar-refractivity contribution in [1.82, 2.24) is 0 Å². The van der Waals surface area contributed by atoms with Gasteiger partial charge in [0.05, 0.1) is 0 Å². The quantitative estimate of drug-likeness (QED) is 0.522. The molecule has 0 aliphatic rings. The molecule has 2 heteroatoms. The Morgan fingerprint density at radius 1 is 1.36 bits per heavy atom. The normalized spacial score (nSPS) is 8.82. The predicted octanol–water partition coefficient (Wildman–Crippen LogP) is 1.91. The van der Waals surface area contributed by atoms with Crippen LogP contribution in [-0.4, -0.2) is 5.94 Å². The number of carbonyl (C=O) groups excluding carboxylic acids is 1. The molecule has 1 nitrogen and oxygen atoms in total. The lowest BCUT2D eigenvalue weighted by Gasteiger charge is -1.94. The number of rotatable bonds is 2. The highest BCUT2D eigenvalue weighted by Gasteiger charge is 1.88. The van der Waals surface area contributed by atoms with Gasteiger partial charge in [0, 0.05) is 17.4 Å². The number of hydrogen-bond donors (Lipinski definition) is 1. The summed E-state index contributed by atoms with van der Waals surface area (Å²) in [6.45, 7) is 0. The molecule has 0 amide bonds. The van der Waals surface area contributed by atoms with Gasteiger partial charge in [-0.2, -0.15) is 0 Å². The van der Waals surface area contributed by atoms with Gasteiger partial charge in [-0.1, -0.05) is 12.1 Å². The standard InChI is InChI=1S/C9H8OS/c10-7-1-2-8-3-5-9(11)6-4-8/h1,3-6,11H,2H2. The van der Waals surface area contributed by atoms with Gasteiger partial charge in [0.1, 0.15) is 5.94 Å². The molecule has 0 fully saturated rings.